The Balaban J connectivity index is 1.57. The number of nitrogens with two attached hydrogens (primary N) is 1. The van der Waals surface area contributed by atoms with E-state index in [0.717, 1.165) is 50.4 Å². The summed E-state index contributed by atoms with van der Waals surface area (Å²) in [5, 5.41) is 9.18. The molecule has 12 heteroatoms. The zero-order valence-electron chi connectivity index (χ0n) is 25.0. The van der Waals surface area contributed by atoms with Crippen molar-refractivity contribution < 1.29 is 33.6 Å². The fraction of sp³-hybridized carbons (Fsp3) is 0.516. The number of benzene rings is 1. The Morgan fingerprint density at radius 2 is 1.84 bits per heavy atom. The quantitative estimate of drug-likeness (QED) is 0.214. The van der Waals surface area contributed by atoms with Crippen LogP contribution in [-0.4, -0.2) is 102 Å². The molecule has 2 aromatic rings. The molecule has 1 fully saturated rings. The zero-order chi connectivity index (χ0) is 30.9. The molecule has 234 valence electrons. The summed E-state index contributed by atoms with van der Waals surface area (Å²) < 4.78 is 28.8. The van der Waals surface area contributed by atoms with Gasteiger partial charge in [-0.25, -0.2) is 0 Å². The Hall–Kier alpha value is -3.03. The molecular formula is C31H41BrN4O7. The van der Waals surface area contributed by atoms with Crippen molar-refractivity contribution in [3.63, 3.8) is 0 Å². The maximum absolute atomic E-state index is 11.2. The van der Waals surface area contributed by atoms with Crippen molar-refractivity contribution >= 4 is 27.5 Å². The van der Waals surface area contributed by atoms with Crippen LogP contribution >= 0.6 is 15.9 Å². The number of carboxylic acid groups (broad SMARTS) is 1. The average Bonchev–Trinajstić information content (AvgIpc) is 3.02. The predicted molar refractivity (Wildman–Crippen MR) is 166 cm³/mol. The van der Waals surface area contributed by atoms with E-state index in [1.54, 1.807) is 0 Å². The molecule has 0 radical (unpaired) electrons. The number of carbonyl (C=O) groups is 1. The maximum Gasteiger partial charge on any atom is 0.323 e. The number of hydrogen-bond donors (Lipinski definition) is 2. The lowest BCUT2D eigenvalue weighted by atomic mass is 9.77. The van der Waals surface area contributed by atoms with E-state index in [2.05, 4.69) is 55.9 Å². The van der Waals surface area contributed by atoms with Crippen molar-refractivity contribution in [3.8, 4) is 17.8 Å². The van der Waals surface area contributed by atoms with Crippen LogP contribution in [0.1, 0.15) is 30.9 Å². The van der Waals surface area contributed by atoms with E-state index in [1.165, 1.54) is 14.2 Å². The number of allylic oxidation sites excluding steroid dienone is 2. The summed E-state index contributed by atoms with van der Waals surface area (Å²) >= 11 is 4.03. The monoisotopic (exact) mass is 660 g/mol. The van der Waals surface area contributed by atoms with Crippen molar-refractivity contribution in [2.24, 2.45) is 5.73 Å². The molecular weight excluding hydrogens is 620 g/mol. The molecule has 1 aromatic heterocycles. The first kappa shape index (κ1) is 32.9. The summed E-state index contributed by atoms with van der Waals surface area (Å²) in [5.74, 6) is -0.632. The molecule has 0 saturated carbocycles. The predicted octanol–water partition coefficient (Wildman–Crippen LogP) is 3.50. The normalized spacial score (nSPS) is 23.0. The van der Waals surface area contributed by atoms with Crippen LogP contribution in [0, 0.1) is 0 Å². The van der Waals surface area contributed by atoms with Crippen molar-refractivity contribution in [1.29, 1.82) is 0 Å². The Labute approximate surface area is 261 Å². The van der Waals surface area contributed by atoms with Gasteiger partial charge in [0.2, 0.25) is 11.8 Å². The van der Waals surface area contributed by atoms with Gasteiger partial charge in [-0.05, 0) is 43.4 Å². The summed E-state index contributed by atoms with van der Waals surface area (Å²) in [5.41, 5.74) is 7.42. The van der Waals surface area contributed by atoms with E-state index in [9.17, 15) is 9.90 Å². The Morgan fingerprint density at radius 1 is 1.16 bits per heavy atom. The molecule has 1 aromatic carbocycles. The molecule has 0 bridgehead atoms. The highest BCUT2D eigenvalue weighted by Gasteiger charge is 2.51. The first-order valence-corrected chi connectivity index (χ1v) is 15.2. The number of methoxy groups -OCH3 is 2. The fourth-order valence-electron chi connectivity index (χ4n) is 5.24. The number of aromatic nitrogens is 2. The second kappa shape index (κ2) is 15.1. The van der Waals surface area contributed by atoms with Gasteiger partial charge in [0, 0.05) is 26.2 Å². The van der Waals surface area contributed by atoms with Gasteiger partial charge in [-0.1, -0.05) is 58.4 Å². The zero-order valence-corrected chi connectivity index (χ0v) is 26.5. The average molecular weight is 662 g/mol. The van der Waals surface area contributed by atoms with E-state index in [4.69, 9.17) is 29.4 Å². The van der Waals surface area contributed by atoms with Crippen LogP contribution in [0.3, 0.4) is 0 Å². The molecule has 0 amide bonds. The van der Waals surface area contributed by atoms with Gasteiger partial charge < -0.3 is 34.5 Å². The number of aliphatic carboxylic acids is 1. The summed E-state index contributed by atoms with van der Waals surface area (Å²) in [6.45, 7) is 6.93. The number of alkyl halides is 1. The van der Waals surface area contributed by atoms with Crippen LogP contribution in [0.4, 0.5) is 0 Å². The third-order valence-corrected chi connectivity index (χ3v) is 8.93. The molecule has 11 nitrogen and oxygen atoms in total. The molecule has 2 heterocycles. The number of nitrogens with zero attached hydrogens (tertiary/aromatic N) is 3. The number of ether oxygens (including phenoxy) is 5. The minimum Gasteiger partial charge on any atom is -0.481 e. The van der Waals surface area contributed by atoms with Crippen LogP contribution in [0.15, 0.2) is 48.6 Å². The summed E-state index contributed by atoms with van der Waals surface area (Å²) in [6, 6.07) is 9.16. The van der Waals surface area contributed by atoms with Gasteiger partial charge in [0.25, 0.3) is 0 Å². The lowest BCUT2D eigenvalue weighted by molar-refractivity contribution is -0.138. The molecule has 4 rings (SSSR count). The standard InChI is InChI=1S/C31H41BrN4O7/c1-30(32)24(22-9-5-4-6-10-22)11-7-14-31(30,43-18-8-15-36-16-19-41-20-17-36)21-42-29-34-26(39-2)23(27(35-29)40-3)12-13-25(33)28(37)38/h4-7,9-11,14,25H,8,12-13,15-21,33H2,1-3H3,(H,37,38)/t25-,30?,31?/m0/s1. The lowest BCUT2D eigenvalue weighted by Crippen LogP contribution is -2.55. The Bertz CT molecular complexity index is 1260. The summed E-state index contributed by atoms with van der Waals surface area (Å²) in [4.78, 5) is 22.5. The van der Waals surface area contributed by atoms with E-state index < -0.39 is 21.9 Å². The van der Waals surface area contributed by atoms with Gasteiger partial charge >= 0.3 is 12.0 Å². The third kappa shape index (κ3) is 7.93. The van der Waals surface area contributed by atoms with Crippen LogP contribution in [0.2, 0.25) is 0 Å². The highest BCUT2D eigenvalue weighted by atomic mass is 79.9. The van der Waals surface area contributed by atoms with Crippen molar-refractivity contribution in [3.05, 3.63) is 59.7 Å². The Morgan fingerprint density at radius 3 is 2.47 bits per heavy atom. The minimum absolute atomic E-state index is 0.0452. The SMILES string of the molecule is COc1nc(OCC2(OCCCN3CCOCC3)C=CC=C(c3ccccc3)C2(C)Br)nc(OC)c1CC[C@H](N)C(=O)O. The molecule has 1 aliphatic heterocycles. The van der Waals surface area contributed by atoms with Gasteiger partial charge in [0.15, 0.2) is 0 Å². The third-order valence-electron chi connectivity index (χ3n) is 7.83. The number of carboxylic acids is 1. The molecule has 3 atom stereocenters. The van der Waals surface area contributed by atoms with Crippen LogP contribution in [0.25, 0.3) is 5.57 Å². The van der Waals surface area contributed by atoms with Crippen LogP contribution in [-0.2, 0) is 20.7 Å². The van der Waals surface area contributed by atoms with Gasteiger partial charge in [-0.3, -0.25) is 9.69 Å². The first-order chi connectivity index (χ1) is 20.7. The lowest BCUT2D eigenvalue weighted by Gasteiger charge is -2.46. The molecule has 43 heavy (non-hydrogen) atoms. The smallest absolute Gasteiger partial charge is 0.323 e. The molecule has 1 saturated heterocycles. The second-order valence-electron chi connectivity index (χ2n) is 10.6. The maximum atomic E-state index is 11.2. The van der Waals surface area contributed by atoms with E-state index >= 15 is 0 Å². The highest BCUT2D eigenvalue weighted by molar-refractivity contribution is 9.10. The molecule has 2 unspecified atom stereocenters. The number of halogens is 1. The Kier molecular flexibility index (Phi) is 11.6. The first-order valence-electron chi connectivity index (χ1n) is 14.4. The molecule has 0 spiro atoms. The number of rotatable bonds is 15. The van der Waals surface area contributed by atoms with Gasteiger partial charge in [-0.2, -0.15) is 9.97 Å². The van der Waals surface area contributed by atoms with E-state index in [1.807, 2.05) is 30.4 Å². The van der Waals surface area contributed by atoms with Gasteiger partial charge in [-0.15, -0.1) is 0 Å². The summed E-state index contributed by atoms with van der Waals surface area (Å²) in [6.07, 6.45) is 7.34. The molecule has 3 N–H and O–H groups in total. The van der Waals surface area contributed by atoms with E-state index in [0.29, 0.717) is 12.2 Å². The van der Waals surface area contributed by atoms with Crippen LogP contribution < -0.4 is 19.9 Å². The fourth-order valence-corrected chi connectivity index (χ4v) is 5.96. The van der Waals surface area contributed by atoms with Crippen molar-refractivity contribution in [1.82, 2.24) is 14.9 Å². The summed E-state index contributed by atoms with van der Waals surface area (Å²) in [7, 11) is 2.95. The second-order valence-corrected chi connectivity index (χ2v) is 12.2. The van der Waals surface area contributed by atoms with Crippen molar-refractivity contribution in [2.45, 2.75) is 42.2 Å². The number of hydrogen-bond acceptors (Lipinski definition) is 10. The van der Waals surface area contributed by atoms with Gasteiger partial charge in [0.1, 0.15) is 18.2 Å². The number of morpholine rings is 1. The van der Waals surface area contributed by atoms with Crippen LogP contribution in [0.5, 0.6) is 17.8 Å². The van der Waals surface area contributed by atoms with E-state index in [-0.39, 0.29) is 37.2 Å². The topological polar surface area (TPSA) is 138 Å². The minimum atomic E-state index is -1.09. The molecule has 2 aliphatic rings. The van der Waals surface area contributed by atoms with Crippen molar-refractivity contribution in [2.75, 3.05) is 60.3 Å². The largest absolute Gasteiger partial charge is 0.481 e. The molecule has 1 aliphatic carbocycles. The van der Waals surface area contributed by atoms with Gasteiger partial charge in [0.05, 0.1) is 37.3 Å². The highest BCUT2D eigenvalue weighted by Crippen LogP contribution is 2.48.